The van der Waals surface area contributed by atoms with E-state index in [4.69, 9.17) is 0 Å². The van der Waals surface area contributed by atoms with Crippen molar-refractivity contribution in [2.75, 3.05) is 0 Å². The number of rotatable bonds is 2. The summed E-state index contributed by atoms with van der Waals surface area (Å²) < 4.78 is 0. The van der Waals surface area contributed by atoms with Crippen molar-refractivity contribution in [2.45, 2.75) is 19.8 Å². The Labute approximate surface area is 130 Å². The van der Waals surface area contributed by atoms with Crippen LogP contribution in [0.4, 0.5) is 0 Å². The maximum absolute atomic E-state index is 3.62. The SMILES string of the molecule is [CH2-]C[CH-]CC.[U].[U].[V].[V]. The molecule has 0 aliphatic carbocycles. The summed E-state index contributed by atoms with van der Waals surface area (Å²) >= 11 is 0. The Kier molecular flexibility index (Phi) is 99.0. The van der Waals surface area contributed by atoms with Crippen molar-refractivity contribution in [2.24, 2.45) is 0 Å². The Hall–Kier alpha value is 3.27. The van der Waals surface area contributed by atoms with Crippen LogP contribution in [0.2, 0.25) is 0 Å². The second-order valence-electron chi connectivity index (χ2n) is 0.986. The quantitative estimate of drug-likeness (QED) is 0.402. The minimum Gasteiger partial charge on any atom is -0.372 e. The van der Waals surface area contributed by atoms with Gasteiger partial charge in [-0.05, 0) is 0 Å². The van der Waals surface area contributed by atoms with Crippen molar-refractivity contribution in [3.63, 3.8) is 0 Å². The van der Waals surface area contributed by atoms with Crippen molar-refractivity contribution in [1.82, 2.24) is 0 Å². The zero-order valence-corrected chi connectivity index (χ0v) is 16.7. The third kappa shape index (κ3) is 34.9. The molecule has 0 rings (SSSR count). The summed E-state index contributed by atoms with van der Waals surface area (Å²) in [5.74, 6) is 0. The Morgan fingerprint density at radius 3 is 1.56 bits per heavy atom. The number of unbranched alkanes of at least 4 members (excludes halogenated alkanes) is 2. The van der Waals surface area contributed by atoms with E-state index in [1.54, 1.807) is 0 Å². The van der Waals surface area contributed by atoms with E-state index >= 15 is 0 Å². The molecule has 0 aliphatic rings. The molecule has 0 saturated heterocycles. The Morgan fingerprint density at radius 2 is 1.56 bits per heavy atom. The fourth-order valence-electron chi connectivity index (χ4n) is 0.204. The molecule has 0 saturated carbocycles. The van der Waals surface area contributed by atoms with Gasteiger partial charge in [-0.1, -0.05) is 6.92 Å². The van der Waals surface area contributed by atoms with Gasteiger partial charge < -0.3 is 19.8 Å². The monoisotopic (exact) mass is 648 g/mol. The van der Waals surface area contributed by atoms with E-state index in [-0.39, 0.29) is 99.3 Å². The van der Waals surface area contributed by atoms with Gasteiger partial charge in [-0.2, -0.15) is 6.42 Å². The van der Waals surface area contributed by atoms with Gasteiger partial charge in [-0.15, -0.1) is 0 Å². The summed E-state index contributed by atoms with van der Waals surface area (Å²) in [5, 5.41) is 0. The molecule has 0 amide bonds. The predicted octanol–water partition coefficient (Wildman–Crippen LogP) is 1.82. The van der Waals surface area contributed by atoms with Gasteiger partial charge in [0.15, 0.2) is 0 Å². The minimum absolute atomic E-state index is 0. The Balaban J connectivity index is -0.0000000133. The molecule has 0 aromatic carbocycles. The molecule has 4 heteroatoms. The summed E-state index contributed by atoms with van der Waals surface area (Å²) in [4.78, 5) is 0. The molecule has 0 aliphatic heterocycles. The van der Waals surface area contributed by atoms with Crippen LogP contribution in [0.1, 0.15) is 19.8 Å². The van der Waals surface area contributed by atoms with Crippen LogP contribution < -0.4 is 0 Å². The average Bonchev–Trinajstić information content (AvgIpc) is 1.41. The summed E-state index contributed by atoms with van der Waals surface area (Å²) in [6.45, 7) is 5.74. The van der Waals surface area contributed by atoms with E-state index in [0.29, 0.717) is 0 Å². The van der Waals surface area contributed by atoms with E-state index < -0.39 is 0 Å². The first kappa shape index (κ1) is 29.5. The molecule has 0 spiro atoms. The Bertz CT molecular complexity index is 20.4. The summed E-state index contributed by atoms with van der Waals surface area (Å²) in [6, 6.07) is 0. The standard InChI is InChI=1S/C5H10.2U.2V/c1-3-5-4-2;;;;/h5H,1,3-4H2,2H3;;;;/q-2;;;;. The molecule has 0 bridgehead atoms. The van der Waals surface area contributed by atoms with E-state index in [2.05, 4.69) is 20.3 Å². The van der Waals surface area contributed by atoms with Crippen molar-refractivity contribution in [3.05, 3.63) is 13.3 Å². The number of hydrogen-bond acceptors (Lipinski definition) is 0. The molecule has 0 nitrogen and oxygen atoms in total. The van der Waals surface area contributed by atoms with Crippen LogP contribution >= 0.6 is 0 Å². The maximum Gasteiger partial charge on any atom is 0 e. The summed E-state index contributed by atoms with van der Waals surface area (Å²) in [6.07, 6.45) is 4.26. The molecule has 0 atom stereocenters. The summed E-state index contributed by atoms with van der Waals surface area (Å²) in [5.41, 5.74) is 0. The molecule has 0 aromatic heterocycles. The first-order valence-corrected chi connectivity index (χ1v) is 2.02. The third-order valence-corrected chi connectivity index (χ3v) is 0.493. The summed E-state index contributed by atoms with van der Waals surface area (Å²) in [7, 11) is 0. The first-order valence-electron chi connectivity index (χ1n) is 2.02. The Morgan fingerprint density at radius 1 is 1.22 bits per heavy atom. The zero-order chi connectivity index (χ0) is 4.12. The average molecular weight is 648 g/mol. The van der Waals surface area contributed by atoms with Crippen LogP contribution in [0.5, 0.6) is 0 Å². The van der Waals surface area contributed by atoms with E-state index in [9.17, 15) is 0 Å². The third-order valence-electron chi connectivity index (χ3n) is 0.493. The minimum atomic E-state index is 0. The van der Waals surface area contributed by atoms with Gasteiger partial charge in [0.1, 0.15) is 0 Å². The molecule has 50 valence electrons. The molecule has 9 heavy (non-hydrogen) atoms. The van der Waals surface area contributed by atoms with Gasteiger partial charge >= 0.3 is 0 Å². The van der Waals surface area contributed by atoms with Gasteiger partial charge in [0.25, 0.3) is 0 Å². The zero-order valence-electron chi connectivity index (χ0n) is 5.59. The van der Waals surface area contributed by atoms with Crippen LogP contribution in [-0.2, 0) is 37.1 Å². The second-order valence-corrected chi connectivity index (χ2v) is 0.986. The molecule has 0 fully saturated rings. The van der Waals surface area contributed by atoms with Crippen LogP contribution in [-0.4, -0.2) is 0 Å². The molecular weight excluding hydrogens is 638 g/mol. The van der Waals surface area contributed by atoms with Crippen LogP contribution in [0.3, 0.4) is 0 Å². The van der Waals surface area contributed by atoms with Crippen molar-refractivity contribution in [3.8, 4) is 0 Å². The maximum atomic E-state index is 3.62. The van der Waals surface area contributed by atoms with Crippen molar-refractivity contribution < 1.29 is 99.3 Å². The van der Waals surface area contributed by atoms with E-state index in [0.717, 1.165) is 12.8 Å². The van der Waals surface area contributed by atoms with Gasteiger partial charge in [0, 0.05) is 99.3 Å². The fraction of sp³-hybridized carbons (Fsp3) is 0.600. The van der Waals surface area contributed by atoms with Crippen LogP contribution in [0, 0.1) is 75.6 Å². The normalized spacial score (nSPS) is 4.67. The molecule has 0 N–H and O–H groups in total. The number of hydrogen-bond donors (Lipinski definition) is 0. The van der Waals surface area contributed by atoms with E-state index in [1.807, 2.05) is 0 Å². The van der Waals surface area contributed by atoms with Gasteiger partial charge in [-0.3, -0.25) is 0 Å². The van der Waals surface area contributed by atoms with Crippen LogP contribution in [0.25, 0.3) is 0 Å². The van der Waals surface area contributed by atoms with Crippen molar-refractivity contribution >= 4 is 0 Å². The fourth-order valence-corrected chi connectivity index (χ4v) is 0.204. The molecule has 0 unspecified atom stereocenters. The molecule has 0 heterocycles. The topological polar surface area (TPSA) is 0 Å². The molecule has 0 aromatic rings. The smallest absolute Gasteiger partial charge is 0 e. The van der Waals surface area contributed by atoms with Gasteiger partial charge in [-0.25, -0.2) is 0 Å². The molecule has 2 radical (unpaired) electrons. The van der Waals surface area contributed by atoms with Gasteiger partial charge in [0.05, 0.1) is 0 Å². The van der Waals surface area contributed by atoms with Crippen molar-refractivity contribution in [1.29, 1.82) is 0 Å². The first-order chi connectivity index (χ1) is 2.41. The van der Waals surface area contributed by atoms with Gasteiger partial charge in [0.2, 0.25) is 0 Å². The van der Waals surface area contributed by atoms with Crippen LogP contribution in [0.15, 0.2) is 0 Å². The second kappa shape index (κ2) is 30.2. The molecular formula is C5H10U2V2-2. The van der Waals surface area contributed by atoms with E-state index in [1.165, 1.54) is 0 Å². The predicted molar refractivity (Wildman–Crippen MR) is 24.6 cm³/mol. The largest absolute Gasteiger partial charge is 0.372 e.